The van der Waals surface area contributed by atoms with E-state index in [-0.39, 0.29) is 11.9 Å². The molecule has 3 aromatic rings. The Morgan fingerprint density at radius 3 is 2.30 bits per heavy atom. The fourth-order valence-corrected chi connectivity index (χ4v) is 3.08. The molecule has 2 aromatic carbocycles. The number of aryl methyl sites for hydroxylation is 1. The summed E-state index contributed by atoms with van der Waals surface area (Å²) in [7, 11) is 0. The number of aromatic nitrogens is 1. The third kappa shape index (κ3) is 3.66. The monoisotopic (exact) mass is 322 g/mol. The smallest absolute Gasteiger partial charge is 0.251 e. The average molecular weight is 322 g/mol. The summed E-state index contributed by atoms with van der Waals surface area (Å²) in [6.45, 7) is 3.91. The van der Waals surface area contributed by atoms with Gasteiger partial charge in [0.15, 0.2) is 0 Å². The normalized spacial score (nSPS) is 11.9. The Kier molecular flexibility index (Phi) is 4.53. The van der Waals surface area contributed by atoms with Crippen LogP contribution in [0, 0.1) is 6.92 Å². The zero-order valence-corrected chi connectivity index (χ0v) is 13.9. The zero-order chi connectivity index (χ0) is 16.2. The van der Waals surface area contributed by atoms with Crippen LogP contribution in [0.1, 0.15) is 34.0 Å². The number of thiazole rings is 1. The fraction of sp³-hybridized carbons (Fsp3) is 0.158. The molecule has 1 unspecified atom stereocenters. The van der Waals surface area contributed by atoms with Gasteiger partial charge >= 0.3 is 0 Å². The minimum atomic E-state index is -0.0961. The van der Waals surface area contributed by atoms with E-state index in [1.165, 1.54) is 0 Å². The molecule has 1 heterocycles. The van der Waals surface area contributed by atoms with Crippen molar-refractivity contribution in [1.82, 2.24) is 10.3 Å². The van der Waals surface area contributed by atoms with Gasteiger partial charge in [-0.3, -0.25) is 4.79 Å². The van der Waals surface area contributed by atoms with Crippen LogP contribution in [0.2, 0.25) is 0 Å². The Hall–Kier alpha value is -2.46. The number of carbonyl (C=O) groups is 1. The maximum absolute atomic E-state index is 12.3. The first kappa shape index (κ1) is 15.4. The van der Waals surface area contributed by atoms with Crippen molar-refractivity contribution in [3.05, 3.63) is 76.2 Å². The van der Waals surface area contributed by atoms with Gasteiger partial charge < -0.3 is 5.32 Å². The van der Waals surface area contributed by atoms with Gasteiger partial charge in [-0.05, 0) is 37.1 Å². The van der Waals surface area contributed by atoms with E-state index >= 15 is 0 Å². The highest BCUT2D eigenvalue weighted by Gasteiger charge is 2.13. The molecule has 1 N–H and O–H groups in total. The van der Waals surface area contributed by atoms with Crippen molar-refractivity contribution in [2.45, 2.75) is 19.9 Å². The Balaban J connectivity index is 1.70. The lowest BCUT2D eigenvalue weighted by molar-refractivity contribution is 0.0939. The number of benzene rings is 2. The SMILES string of the molecule is Cc1nc(C(C)NC(=O)c2ccc(-c3ccccc3)cc2)cs1. The molecular weight excluding hydrogens is 304 g/mol. The molecule has 116 valence electrons. The van der Waals surface area contributed by atoms with Crippen molar-refractivity contribution in [2.75, 3.05) is 0 Å². The van der Waals surface area contributed by atoms with E-state index in [9.17, 15) is 4.79 Å². The summed E-state index contributed by atoms with van der Waals surface area (Å²) in [6, 6.07) is 17.7. The molecule has 0 saturated heterocycles. The highest BCUT2D eigenvalue weighted by Crippen LogP contribution is 2.20. The minimum Gasteiger partial charge on any atom is -0.344 e. The van der Waals surface area contributed by atoms with Crippen molar-refractivity contribution >= 4 is 17.2 Å². The fourth-order valence-electron chi connectivity index (χ4n) is 2.38. The second-order valence-electron chi connectivity index (χ2n) is 5.43. The van der Waals surface area contributed by atoms with Gasteiger partial charge in [-0.25, -0.2) is 4.98 Å². The third-order valence-electron chi connectivity index (χ3n) is 3.68. The van der Waals surface area contributed by atoms with Gasteiger partial charge in [0.25, 0.3) is 5.91 Å². The van der Waals surface area contributed by atoms with Gasteiger partial charge in [0.2, 0.25) is 0 Å². The zero-order valence-electron chi connectivity index (χ0n) is 13.1. The predicted octanol–water partition coefficient (Wildman–Crippen LogP) is 4.61. The molecule has 4 heteroatoms. The summed E-state index contributed by atoms with van der Waals surface area (Å²) in [5, 5.41) is 5.98. The van der Waals surface area contributed by atoms with Gasteiger partial charge in [0.05, 0.1) is 16.7 Å². The first-order valence-electron chi connectivity index (χ1n) is 7.52. The number of hydrogen-bond donors (Lipinski definition) is 1. The Morgan fingerprint density at radius 2 is 1.70 bits per heavy atom. The molecule has 23 heavy (non-hydrogen) atoms. The van der Waals surface area contributed by atoms with E-state index in [1.54, 1.807) is 11.3 Å². The number of nitrogens with one attached hydrogen (secondary N) is 1. The van der Waals surface area contributed by atoms with Crippen LogP contribution in [0.3, 0.4) is 0 Å². The summed E-state index contributed by atoms with van der Waals surface area (Å²) in [5.74, 6) is -0.0808. The second kappa shape index (κ2) is 6.75. The highest BCUT2D eigenvalue weighted by atomic mass is 32.1. The lowest BCUT2D eigenvalue weighted by Gasteiger charge is -2.12. The van der Waals surface area contributed by atoms with Crippen LogP contribution in [0.5, 0.6) is 0 Å². The lowest BCUT2D eigenvalue weighted by Crippen LogP contribution is -2.26. The van der Waals surface area contributed by atoms with Crippen molar-refractivity contribution in [3.63, 3.8) is 0 Å². The standard InChI is InChI=1S/C19H18N2OS/c1-13(18-12-23-14(2)21-18)20-19(22)17-10-8-16(9-11-17)15-6-4-3-5-7-15/h3-13H,1-2H3,(H,20,22). The van der Waals surface area contributed by atoms with Gasteiger partial charge in [0, 0.05) is 10.9 Å². The van der Waals surface area contributed by atoms with Gasteiger partial charge in [-0.15, -0.1) is 11.3 Å². The van der Waals surface area contributed by atoms with Crippen LogP contribution in [0.15, 0.2) is 60.0 Å². The molecule has 3 nitrogen and oxygen atoms in total. The van der Waals surface area contributed by atoms with Crippen LogP contribution in [-0.2, 0) is 0 Å². The van der Waals surface area contributed by atoms with E-state index in [0.29, 0.717) is 5.56 Å². The summed E-state index contributed by atoms with van der Waals surface area (Å²) >= 11 is 1.59. The van der Waals surface area contributed by atoms with Crippen molar-refractivity contribution in [1.29, 1.82) is 0 Å². The van der Waals surface area contributed by atoms with Crippen LogP contribution in [0.25, 0.3) is 11.1 Å². The molecule has 1 atom stereocenters. The van der Waals surface area contributed by atoms with Gasteiger partial charge in [0.1, 0.15) is 0 Å². The summed E-state index contributed by atoms with van der Waals surface area (Å²) in [5.41, 5.74) is 3.81. The highest BCUT2D eigenvalue weighted by molar-refractivity contribution is 7.09. The molecule has 1 amide bonds. The predicted molar refractivity (Wildman–Crippen MR) is 94.6 cm³/mol. The Morgan fingerprint density at radius 1 is 1.04 bits per heavy atom. The molecule has 0 saturated carbocycles. The largest absolute Gasteiger partial charge is 0.344 e. The number of carbonyl (C=O) groups excluding carboxylic acids is 1. The molecule has 3 rings (SSSR count). The number of amides is 1. The van der Waals surface area contributed by atoms with Crippen LogP contribution in [-0.4, -0.2) is 10.9 Å². The molecule has 0 radical (unpaired) electrons. The van der Waals surface area contributed by atoms with Crippen LogP contribution >= 0.6 is 11.3 Å². The number of nitrogens with zero attached hydrogens (tertiary/aromatic N) is 1. The first-order chi connectivity index (χ1) is 11.1. The minimum absolute atomic E-state index is 0.0808. The molecule has 0 fully saturated rings. The number of rotatable bonds is 4. The molecule has 0 spiro atoms. The average Bonchev–Trinajstić information content (AvgIpc) is 3.02. The van der Waals surface area contributed by atoms with Crippen molar-refractivity contribution in [3.8, 4) is 11.1 Å². The second-order valence-corrected chi connectivity index (χ2v) is 6.49. The Bertz CT molecular complexity index is 794. The third-order valence-corrected chi connectivity index (χ3v) is 4.47. The van der Waals surface area contributed by atoms with Crippen molar-refractivity contribution < 1.29 is 4.79 Å². The van der Waals surface area contributed by atoms with E-state index in [4.69, 9.17) is 0 Å². The Labute approximate surface area is 140 Å². The van der Waals surface area contributed by atoms with Crippen LogP contribution < -0.4 is 5.32 Å². The van der Waals surface area contributed by atoms with Gasteiger partial charge in [-0.2, -0.15) is 0 Å². The quantitative estimate of drug-likeness (QED) is 0.762. The van der Waals surface area contributed by atoms with E-state index < -0.39 is 0 Å². The van der Waals surface area contributed by atoms with Crippen LogP contribution in [0.4, 0.5) is 0 Å². The van der Waals surface area contributed by atoms with Crippen molar-refractivity contribution in [2.24, 2.45) is 0 Å². The molecular formula is C19H18N2OS. The van der Waals surface area contributed by atoms with E-state index in [2.05, 4.69) is 22.4 Å². The topological polar surface area (TPSA) is 42.0 Å². The summed E-state index contributed by atoms with van der Waals surface area (Å²) < 4.78 is 0. The van der Waals surface area contributed by atoms with E-state index in [1.807, 2.05) is 61.7 Å². The maximum atomic E-state index is 12.3. The first-order valence-corrected chi connectivity index (χ1v) is 8.40. The molecule has 0 aliphatic carbocycles. The van der Waals surface area contributed by atoms with E-state index in [0.717, 1.165) is 21.8 Å². The molecule has 1 aromatic heterocycles. The van der Waals surface area contributed by atoms with Gasteiger partial charge in [-0.1, -0.05) is 42.5 Å². The summed E-state index contributed by atoms with van der Waals surface area (Å²) in [4.78, 5) is 16.8. The summed E-state index contributed by atoms with van der Waals surface area (Å²) in [6.07, 6.45) is 0. The molecule has 0 aliphatic heterocycles. The molecule has 0 bridgehead atoms. The lowest BCUT2D eigenvalue weighted by atomic mass is 10.0. The maximum Gasteiger partial charge on any atom is 0.251 e. The molecule has 0 aliphatic rings. The number of hydrogen-bond acceptors (Lipinski definition) is 3.